The van der Waals surface area contributed by atoms with Gasteiger partial charge in [0.05, 0.1) is 4.88 Å². The molecule has 0 amide bonds. The zero-order chi connectivity index (χ0) is 13.9. The third-order valence-electron chi connectivity index (χ3n) is 3.23. The van der Waals surface area contributed by atoms with Crippen LogP contribution in [0.4, 0.5) is 0 Å². The Morgan fingerprint density at radius 1 is 1.20 bits per heavy atom. The number of nitrogens with two attached hydrogens (primary N) is 1. The van der Waals surface area contributed by atoms with Crippen LogP contribution in [0.3, 0.4) is 0 Å². The molecule has 0 bridgehead atoms. The zero-order valence-corrected chi connectivity index (χ0v) is 12.0. The molecule has 102 valence electrons. The Balaban J connectivity index is 1.81. The fraction of sp³-hybridized carbons (Fsp3) is 0.200. The fourth-order valence-corrected chi connectivity index (χ4v) is 2.77. The Morgan fingerprint density at radius 2 is 2.00 bits per heavy atom. The largest absolute Gasteiger partial charge is 0.324 e. The van der Waals surface area contributed by atoms with E-state index in [0.717, 1.165) is 22.1 Å². The summed E-state index contributed by atoms with van der Waals surface area (Å²) in [4.78, 5) is 5.68. The summed E-state index contributed by atoms with van der Waals surface area (Å²) in [6.45, 7) is 0. The van der Waals surface area contributed by atoms with Crippen LogP contribution in [0.25, 0.3) is 10.7 Å². The number of nitrogens with zero attached hydrogens (tertiary/aromatic N) is 3. The van der Waals surface area contributed by atoms with Crippen molar-refractivity contribution in [2.45, 2.75) is 12.5 Å². The van der Waals surface area contributed by atoms with Gasteiger partial charge in [-0.05, 0) is 17.0 Å². The molecule has 2 aromatic heterocycles. The number of thiophene rings is 1. The second-order valence-electron chi connectivity index (χ2n) is 4.67. The lowest BCUT2D eigenvalue weighted by Gasteiger charge is -2.10. The first-order valence-corrected chi connectivity index (χ1v) is 7.36. The molecule has 0 aliphatic rings. The Bertz CT molecular complexity index is 673. The second kappa shape index (κ2) is 5.56. The van der Waals surface area contributed by atoms with Gasteiger partial charge in [-0.2, -0.15) is 5.10 Å². The molecule has 0 aliphatic heterocycles. The predicted octanol–water partition coefficient (Wildman–Crippen LogP) is 2.79. The third-order valence-corrected chi connectivity index (χ3v) is 4.09. The topological polar surface area (TPSA) is 56.7 Å². The fourth-order valence-electron chi connectivity index (χ4n) is 2.12. The minimum atomic E-state index is -0.0599. The molecule has 4 nitrogen and oxygen atoms in total. The number of hydrogen-bond acceptors (Lipinski definition) is 4. The van der Waals surface area contributed by atoms with E-state index < -0.39 is 0 Å². The summed E-state index contributed by atoms with van der Waals surface area (Å²) in [7, 11) is 1.91. The average Bonchev–Trinajstić information content (AvgIpc) is 3.10. The molecule has 2 heterocycles. The molecular formula is C15H16N4S. The summed E-state index contributed by atoms with van der Waals surface area (Å²) in [5.74, 6) is 1.68. The van der Waals surface area contributed by atoms with Crippen molar-refractivity contribution in [2.75, 3.05) is 0 Å². The monoisotopic (exact) mass is 284 g/mol. The first kappa shape index (κ1) is 13.0. The van der Waals surface area contributed by atoms with Gasteiger partial charge in [-0.1, -0.05) is 36.4 Å². The molecule has 0 fully saturated rings. The summed E-state index contributed by atoms with van der Waals surface area (Å²) in [5.41, 5.74) is 7.36. The Kier molecular flexibility index (Phi) is 3.62. The molecule has 1 unspecified atom stereocenters. The lowest BCUT2D eigenvalue weighted by atomic mass is 10.0. The van der Waals surface area contributed by atoms with Gasteiger partial charge in [-0.25, -0.2) is 4.98 Å². The Morgan fingerprint density at radius 3 is 2.70 bits per heavy atom. The second-order valence-corrected chi connectivity index (χ2v) is 5.62. The van der Waals surface area contributed by atoms with Gasteiger partial charge < -0.3 is 5.73 Å². The highest BCUT2D eigenvalue weighted by Gasteiger charge is 2.14. The van der Waals surface area contributed by atoms with Crippen LogP contribution in [0.1, 0.15) is 17.4 Å². The van der Waals surface area contributed by atoms with Gasteiger partial charge in [0.15, 0.2) is 5.82 Å². The van der Waals surface area contributed by atoms with E-state index >= 15 is 0 Å². The number of hydrogen-bond donors (Lipinski definition) is 1. The molecule has 20 heavy (non-hydrogen) atoms. The number of aromatic nitrogens is 3. The average molecular weight is 284 g/mol. The third kappa shape index (κ3) is 2.64. The van der Waals surface area contributed by atoms with Crippen molar-refractivity contribution in [2.24, 2.45) is 12.8 Å². The molecule has 0 aliphatic carbocycles. The molecule has 0 saturated heterocycles. The molecule has 1 atom stereocenters. The van der Waals surface area contributed by atoms with E-state index in [1.807, 2.05) is 59.6 Å². The number of rotatable bonds is 4. The molecule has 0 saturated carbocycles. The first-order chi connectivity index (χ1) is 9.74. The van der Waals surface area contributed by atoms with Crippen molar-refractivity contribution in [3.05, 3.63) is 59.2 Å². The quantitative estimate of drug-likeness (QED) is 0.801. The predicted molar refractivity (Wildman–Crippen MR) is 81.4 cm³/mol. The summed E-state index contributed by atoms with van der Waals surface area (Å²) in [6, 6.07) is 14.1. The van der Waals surface area contributed by atoms with Crippen molar-refractivity contribution < 1.29 is 0 Å². The molecule has 5 heteroatoms. The maximum Gasteiger partial charge on any atom is 0.191 e. The smallest absolute Gasteiger partial charge is 0.191 e. The van der Waals surface area contributed by atoms with Crippen LogP contribution in [-0.4, -0.2) is 14.8 Å². The maximum absolute atomic E-state index is 6.25. The van der Waals surface area contributed by atoms with Gasteiger partial charge in [-0.3, -0.25) is 4.68 Å². The van der Waals surface area contributed by atoms with Gasteiger partial charge >= 0.3 is 0 Å². The SMILES string of the molecule is Cn1nc(-c2cccs2)nc1CC(N)c1ccccc1. The van der Waals surface area contributed by atoms with E-state index in [1.54, 1.807) is 11.3 Å². The lowest BCUT2D eigenvalue weighted by Crippen LogP contribution is -2.15. The zero-order valence-electron chi connectivity index (χ0n) is 11.2. The molecule has 3 rings (SSSR count). The lowest BCUT2D eigenvalue weighted by molar-refractivity contribution is 0.630. The minimum Gasteiger partial charge on any atom is -0.324 e. The molecule has 0 radical (unpaired) electrons. The first-order valence-electron chi connectivity index (χ1n) is 6.48. The summed E-state index contributed by atoms with van der Waals surface area (Å²) < 4.78 is 1.82. The Labute approximate surface area is 121 Å². The van der Waals surface area contributed by atoms with E-state index in [2.05, 4.69) is 10.1 Å². The standard InChI is InChI=1S/C15H16N4S/c1-19-14(10-12(16)11-6-3-2-4-7-11)17-15(18-19)13-8-5-9-20-13/h2-9,12H,10,16H2,1H3. The van der Waals surface area contributed by atoms with Crippen molar-refractivity contribution in [3.8, 4) is 10.7 Å². The molecule has 1 aromatic carbocycles. The Hall–Kier alpha value is -1.98. The van der Waals surface area contributed by atoms with Crippen LogP contribution in [0.15, 0.2) is 47.8 Å². The van der Waals surface area contributed by atoms with Crippen LogP contribution >= 0.6 is 11.3 Å². The minimum absolute atomic E-state index is 0.0599. The van der Waals surface area contributed by atoms with Gasteiger partial charge in [0.2, 0.25) is 0 Å². The van der Waals surface area contributed by atoms with Gasteiger partial charge in [0.1, 0.15) is 5.82 Å². The number of aryl methyl sites for hydroxylation is 1. The number of benzene rings is 1. The summed E-state index contributed by atoms with van der Waals surface area (Å²) in [6.07, 6.45) is 0.679. The van der Waals surface area contributed by atoms with Crippen molar-refractivity contribution >= 4 is 11.3 Å². The van der Waals surface area contributed by atoms with E-state index in [1.165, 1.54) is 0 Å². The van der Waals surface area contributed by atoms with Crippen LogP contribution in [0.5, 0.6) is 0 Å². The maximum atomic E-state index is 6.25. The normalized spacial score (nSPS) is 12.5. The van der Waals surface area contributed by atoms with Gasteiger partial charge in [-0.15, -0.1) is 11.3 Å². The van der Waals surface area contributed by atoms with E-state index in [-0.39, 0.29) is 6.04 Å². The van der Waals surface area contributed by atoms with Gasteiger partial charge in [0, 0.05) is 19.5 Å². The van der Waals surface area contributed by atoms with Crippen LogP contribution in [-0.2, 0) is 13.5 Å². The highest BCUT2D eigenvalue weighted by molar-refractivity contribution is 7.13. The van der Waals surface area contributed by atoms with Crippen LogP contribution in [0.2, 0.25) is 0 Å². The molecule has 3 aromatic rings. The molecule has 0 spiro atoms. The molecule has 2 N–H and O–H groups in total. The van der Waals surface area contributed by atoms with Crippen molar-refractivity contribution in [1.82, 2.24) is 14.8 Å². The van der Waals surface area contributed by atoms with Crippen LogP contribution < -0.4 is 5.73 Å². The van der Waals surface area contributed by atoms with E-state index in [4.69, 9.17) is 5.73 Å². The summed E-state index contributed by atoms with van der Waals surface area (Å²) >= 11 is 1.64. The van der Waals surface area contributed by atoms with Crippen LogP contribution in [0, 0.1) is 0 Å². The van der Waals surface area contributed by atoms with E-state index in [0.29, 0.717) is 6.42 Å². The highest BCUT2D eigenvalue weighted by Crippen LogP contribution is 2.22. The highest BCUT2D eigenvalue weighted by atomic mass is 32.1. The van der Waals surface area contributed by atoms with E-state index in [9.17, 15) is 0 Å². The van der Waals surface area contributed by atoms with Gasteiger partial charge in [0.25, 0.3) is 0 Å². The molecular weight excluding hydrogens is 268 g/mol. The van der Waals surface area contributed by atoms with Crippen molar-refractivity contribution in [1.29, 1.82) is 0 Å². The van der Waals surface area contributed by atoms with Crippen molar-refractivity contribution in [3.63, 3.8) is 0 Å². The summed E-state index contributed by atoms with van der Waals surface area (Å²) in [5, 5.41) is 6.49.